The first-order chi connectivity index (χ1) is 14.0. The standard InChI is InChI=1S/C21H23N5O3/c1-25-19(13-18(23-25)15-4-3-5-16(12-15)29-2)21(28)22-10-11-26-20(27)9-8-17(24-26)14-6-7-14/h3-5,8-9,12-14H,6-7,10-11H2,1-2H3,(H,22,28). The molecule has 4 rings (SSSR count). The van der Waals surface area contributed by atoms with Crippen molar-refractivity contribution in [2.75, 3.05) is 13.7 Å². The van der Waals surface area contributed by atoms with Gasteiger partial charge in [0.1, 0.15) is 11.4 Å². The van der Waals surface area contributed by atoms with E-state index in [0.29, 0.717) is 30.4 Å². The van der Waals surface area contributed by atoms with Gasteiger partial charge in [-0.15, -0.1) is 0 Å². The molecule has 2 aromatic heterocycles. The Balaban J connectivity index is 1.42. The zero-order valence-electron chi connectivity index (χ0n) is 16.5. The van der Waals surface area contributed by atoms with Gasteiger partial charge in [0.2, 0.25) is 0 Å². The molecule has 1 aliphatic rings. The second-order valence-electron chi connectivity index (χ2n) is 7.12. The molecule has 0 spiro atoms. The topological polar surface area (TPSA) is 91.0 Å². The van der Waals surface area contributed by atoms with Crippen LogP contribution in [-0.4, -0.2) is 39.1 Å². The zero-order valence-corrected chi connectivity index (χ0v) is 16.5. The van der Waals surface area contributed by atoms with Crippen LogP contribution in [0.5, 0.6) is 5.75 Å². The third-order valence-corrected chi connectivity index (χ3v) is 4.97. The quantitative estimate of drug-likeness (QED) is 0.663. The van der Waals surface area contributed by atoms with Crippen molar-refractivity contribution < 1.29 is 9.53 Å². The molecule has 2 heterocycles. The summed E-state index contributed by atoms with van der Waals surface area (Å²) in [7, 11) is 3.33. The molecule has 29 heavy (non-hydrogen) atoms. The number of aromatic nitrogens is 4. The van der Waals surface area contributed by atoms with Crippen LogP contribution in [0, 0.1) is 0 Å². The molecule has 150 valence electrons. The molecule has 0 unspecified atom stereocenters. The van der Waals surface area contributed by atoms with Crippen molar-refractivity contribution in [2.45, 2.75) is 25.3 Å². The fourth-order valence-electron chi connectivity index (χ4n) is 3.19. The number of benzene rings is 1. The lowest BCUT2D eigenvalue weighted by Crippen LogP contribution is -2.33. The number of rotatable bonds is 7. The first-order valence-electron chi connectivity index (χ1n) is 9.60. The number of hydrogen-bond acceptors (Lipinski definition) is 5. The van der Waals surface area contributed by atoms with Crippen molar-refractivity contribution in [1.82, 2.24) is 24.9 Å². The number of nitrogens with one attached hydrogen (secondary N) is 1. The van der Waals surface area contributed by atoms with Crippen LogP contribution in [-0.2, 0) is 13.6 Å². The third-order valence-electron chi connectivity index (χ3n) is 4.97. The number of methoxy groups -OCH3 is 1. The minimum Gasteiger partial charge on any atom is -0.497 e. The molecule has 0 radical (unpaired) electrons. The number of nitrogens with zero attached hydrogens (tertiary/aromatic N) is 4. The fourth-order valence-corrected chi connectivity index (χ4v) is 3.19. The molecule has 0 saturated heterocycles. The molecule has 1 aliphatic carbocycles. The van der Waals surface area contributed by atoms with Crippen molar-refractivity contribution in [1.29, 1.82) is 0 Å². The van der Waals surface area contributed by atoms with Crippen molar-refractivity contribution in [3.05, 3.63) is 64.2 Å². The Kier molecular flexibility index (Phi) is 5.16. The third kappa shape index (κ3) is 4.21. The van der Waals surface area contributed by atoms with Crippen molar-refractivity contribution in [3.63, 3.8) is 0 Å². The second-order valence-corrected chi connectivity index (χ2v) is 7.12. The predicted octanol–water partition coefficient (Wildman–Crippen LogP) is 1.96. The highest BCUT2D eigenvalue weighted by Gasteiger charge is 2.25. The van der Waals surface area contributed by atoms with Gasteiger partial charge in [-0.2, -0.15) is 10.2 Å². The minimum absolute atomic E-state index is 0.163. The predicted molar refractivity (Wildman–Crippen MR) is 108 cm³/mol. The highest BCUT2D eigenvalue weighted by Crippen LogP contribution is 2.38. The van der Waals surface area contributed by atoms with E-state index in [2.05, 4.69) is 15.5 Å². The molecule has 0 atom stereocenters. The van der Waals surface area contributed by atoms with Gasteiger partial charge in [-0.05, 0) is 37.1 Å². The van der Waals surface area contributed by atoms with Gasteiger partial charge < -0.3 is 10.1 Å². The maximum atomic E-state index is 12.6. The number of aryl methyl sites for hydroxylation is 1. The number of carbonyl (C=O) groups excluding carboxylic acids is 1. The summed E-state index contributed by atoms with van der Waals surface area (Å²) in [4.78, 5) is 24.6. The fraction of sp³-hybridized carbons (Fsp3) is 0.333. The Morgan fingerprint density at radius 2 is 2.03 bits per heavy atom. The van der Waals surface area contributed by atoms with E-state index in [-0.39, 0.29) is 11.5 Å². The molecular formula is C21H23N5O3. The Morgan fingerprint density at radius 3 is 2.79 bits per heavy atom. The van der Waals surface area contributed by atoms with Crippen LogP contribution >= 0.6 is 0 Å². The largest absolute Gasteiger partial charge is 0.497 e. The molecule has 1 N–H and O–H groups in total. The lowest BCUT2D eigenvalue weighted by molar-refractivity contribution is 0.0942. The normalized spacial score (nSPS) is 13.3. The summed E-state index contributed by atoms with van der Waals surface area (Å²) in [6.45, 7) is 0.630. The molecule has 8 heteroatoms. The van der Waals surface area contributed by atoms with E-state index in [9.17, 15) is 9.59 Å². The average Bonchev–Trinajstić information content (AvgIpc) is 3.51. The molecule has 1 aromatic carbocycles. The van der Waals surface area contributed by atoms with Crippen LogP contribution in [0.1, 0.15) is 34.9 Å². The lowest BCUT2D eigenvalue weighted by atomic mass is 10.1. The maximum Gasteiger partial charge on any atom is 0.269 e. The number of carbonyl (C=O) groups is 1. The summed E-state index contributed by atoms with van der Waals surface area (Å²) in [6, 6.07) is 12.6. The summed E-state index contributed by atoms with van der Waals surface area (Å²) in [5, 5.41) is 11.7. The summed E-state index contributed by atoms with van der Waals surface area (Å²) >= 11 is 0. The van der Waals surface area contributed by atoms with Crippen LogP contribution in [0.25, 0.3) is 11.3 Å². The van der Waals surface area contributed by atoms with Gasteiger partial charge in [0.25, 0.3) is 11.5 Å². The van der Waals surface area contributed by atoms with Crippen LogP contribution < -0.4 is 15.6 Å². The second kappa shape index (κ2) is 7.90. The lowest BCUT2D eigenvalue weighted by Gasteiger charge is -2.08. The summed E-state index contributed by atoms with van der Waals surface area (Å²) in [5.74, 6) is 0.951. The van der Waals surface area contributed by atoms with Crippen molar-refractivity contribution in [2.24, 2.45) is 7.05 Å². The average molecular weight is 393 g/mol. The number of amides is 1. The Bertz CT molecular complexity index is 1100. The summed E-state index contributed by atoms with van der Waals surface area (Å²) in [6.07, 6.45) is 2.25. The number of hydrogen-bond donors (Lipinski definition) is 1. The molecule has 3 aromatic rings. The smallest absolute Gasteiger partial charge is 0.269 e. The van der Waals surface area contributed by atoms with E-state index < -0.39 is 0 Å². The van der Waals surface area contributed by atoms with Crippen molar-refractivity contribution >= 4 is 5.91 Å². The summed E-state index contributed by atoms with van der Waals surface area (Å²) in [5.41, 5.74) is 2.78. The Labute approximate surface area is 168 Å². The van der Waals surface area contributed by atoms with Crippen LogP contribution in [0.15, 0.2) is 47.3 Å². The van der Waals surface area contributed by atoms with E-state index in [4.69, 9.17) is 4.74 Å². The van der Waals surface area contributed by atoms with Gasteiger partial charge in [-0.3, -0.25) is 14.3 Å². The van der Waals surface area contributed by atoms with E-state index in [0.717, 1.165) is 29.8 Å². The van der Waals surface area contributed by atoms with Gasteiger partial charge in [-0.1, -0.05) is 12.1 Å². The van der Waals surface area contributed by atoms with Crippen LogP contribution in [0.3, 0.4) is 0 Å². The first kappa shape index (κ1) is 18.9. The highest BCUT2D eigenvalue weighted by atomic mass is 16.5. The van der Waals surface area contributed by atoms with E-state index >= 15 is 0 Å². The van der Waals surface area contributed by atoms with Crippen molar-refractivity contribution in [3.8, 4) is 17.0 Å². The van der Waals surface area contributed by atoms with E-state index in [1.54, 1.807) is 37.0 Å². The van der Waals surface area contributed by atoms with Gasteiger partial charge >= 0.3 is 0 Å². The number of ether oxygens (including phenoxy) is 1. The van der Waals surface area contributed by atoms with Gasteiger partial charge in [0.15, 0.2) is 0 Å². The minimum atomic E-state index is -0.249. The maximum absolute atomic E-state index is 12.6. The molecule has 8 nitrogen and oxygen atoms in total. The molecule has 0 bridgehead atoms. The van der Waals surface area contributed by atoms with Crippen LogP contribution in [0.2, 0.25) is 0 Å². The van der Waals surface area contributed by atoms with E-state index in [1.807, 2.05) is 24.3 Å². The Hall–Kier alpha value is -3.42. The molecule has 1 amide bonds. The first-order valence-corrected chi connectivity index (χ1v) is 9.60. The molecule has 0 aliphatic heterocycles. The van der Waals surface area contributed by atoms with E-state index in [1.165, 1.54) is 4.68 Å². The monoisotopic (exact) mass is 393 g/mol. The van der Waals surface area contributed by atoms with Gasteiger partial charge in [0, 0.05) is 31.1 Å². The molecular weight excluding hydrogens is 370 g/mol. The van der Waals surface area contributed by atoms with Gasteiger partial charge in [0.05, 0.1) is 25.0 Å². The zero-order chi connectivity index (χ0) is 20.4. The molecule has 1 fully saturated rings. The van der Waals surface area contributed by atoms with Gasteiger partial charge in [-0.25, -0.2) is 4.68 Å². The van der Waals surface area contributed by atoms with Crippen LogP contribution in [0.4, 0.5) is 0 Å². The molecule has 1 saturated carbocycles. The highest BCUT2D eigenvalue weighted by molar-refractivity contribution is 5.93. The Morgan fingerprint density at radius 1 is 1.21 bits per heavy atom. The SMILES string of the molecule is COc1cccc(-c2cc(C(=O)NCCn3nc(C4CC4)ccc3=O)n(C)n2)c1. The summed E-state index contributed by atoms with van der Waals surface area (Å²) < 4.78 is 8.20.